The molecule has 5 nitrogen and oxygen atoms in total. The molecular weight excluding hydrogens is 306 g/mol. The highest BCUT2D eigenvalue weighted by Gasteiger charge is 2.55. The standard InChI is InChI=1S/C16H24F2N2O3/c17-13(18)10-3-5-12(6-4-10)19-15(23)20-8-11-2-1-7-16(11,9-20)14(21)22/h10-13H,1-9H2,(H,19,23)(H,21,22)/t10?,11-,12?,16+/m0/s1. The van der Waals surface area contributed by atoms with Crippen molar-refractivity contribution in [3.8, 4) is 0 Å². The number of carboxylic acid groups (broad SMARTS) is 1. The summed E-state index contributed by atoms with van der Waals surface area (Å²) in [5.41, 5.74) is -0.773. The Hall–Kier alpha value is -1.40. The molecule has 0 radical (unpaired) electrons. The van der Waals surface area contributed by atoms with Crippen molar-refractivity contribution in [3.05, 3.63) is 0 Å². The molecule has 1 aliphatic heterocycles. The van der Waals surface area contributed by atoms with Crippen LogP contribution in [0.2, 0.25) is 0 Å². The SMILES string of the molecule is O=C(NC1CCC(C(F)F)CC1)N1C[C@@H]2CCC[C@@]2(C(=O)O)C1. The van der Waals surface area contributed by atoms with Crippen LogP contribution in [0.3, 0.4) is 0 Å². The molecule has 2 amide bonds. The van der Waals surface area contributed by atoms with E-state index in [1.54, 1.807) is 4.90 Å². The van der Waals surface area contributed by atoms with Gasteiger partial charge in [0.15, 0.2) is 0 Å². The third-order valence-corrected chi connectivity index (χ3v) is 6.04. The molecule has 3 fully saturated rings. The molecule has 0 aromatic rings. The number of aliphatic carboxylic acids is 1. The van der Waals surface area contributed by atoms with Crippen molar-refractivity contribution >= 4 is 12.0 Å². The van der Waals surface area contributed by atoms with Gasteiger partial charge in [0.05, 0.1) is 5.41 Å². The minimum atomic E-state index is -2.28. The van der Waals surface area contributed by atoms with Crippen molar-refractivity contribution in [1.82, 2.24) is 10.2 Å². The fourth-order valence-electron chi connectivity index (χ4n) is 4.57. The van der Waals surface area contributed by atoms with Gasteiger partial charge >= 0.3 is 12.0 Å². The quantitative estimate of drug-likeness (QED) is 0.836. The van der Waals surface area contributed by atoms with E-state index in [1.165, 1.54) is 0 Å². The number of likely N-dealkylation sites (tertiary alicyclic amines) is 1. The molecule has 0 unspecified atom stereocenters. The summed E-state index contributed by atoms with van der Waals surface area (Å²) in [4.78, 5) is 25.6. The molecule has 0 aromatic carbocycles. The van der Waals surface area contributed by atoms with E-state index in [0.717, 1.165) is 12.8 Å². The number of nitrogens with zero attached hydrogens (tertiary/aromatic N) is 1. The number of halogens is 2. The molecule has 2 atom stereocenters. The van der Waals surface area contributed by atoms with Crippen molar-refractivity contribution in [1.29, 1.82) is 0 Å². The summed E-state index contributed by atoms with van der Waals surface area (Å²) in [7, 11) is 0. The maximum atomic E-state index is 12.7. The van der Waals surface area contributed by atoms with Gasteiger partial charge in [-0.15, -0.1) is 0 Å². The number of fused-ring (bicyclic) bond motifs is 1. The van der Waals surface area contributed by atoms with Gasteiger partial charge in [0.25, 0.3) is 0 Å². The zero-order valence-corrected chi connectivity index (χ0v) is 13.1. The Kier molecular flexibility index (Phi) is 4.47. The Morgan fingerprint density at radius 1 is 1.17 bits per heavy atom. The number of rotatable bonds is 3. The summed E-state index contributed by atoms with van der Waals surface area (Å²) < 4.78 is 25.3. The number of nitrogens with one attached hydrogen (secondary N) is 1. The van der Waals surface area contributed by atoms with Gasteiger partial charge in [0, 0.05) is 25.0 Å². The molecule has 1 heterocycles. The third-order valence-electron chi connectivity index (χ3n) is 6.04. The lowest BCUT2D eigenvalue weighted by molar-refractivity contribution is -0.149. The number of hydrogen-bond acceptors (Lipinski definition) is 2. The van der Waals surface area contributed by atoms with E-state index in [4.69, 9.17) is 0 Å². The Labute approximate surface area is 134 Å². The van der Waals surface area contributed by atoms with Gasteiger partial charge in [0.2, 0.25) is 6.43 Å². The predicted octanol–water partition coefficient (Wildman–Crippen LogP) is 2.71. The van der Waals surface area contributed by atoms with E-state index in [-0.39, 0.29) is 24.5 Å². The topological polar surface area (TPSA) is 69.6 Å². The minimum Gasteiger partial charge on any atom is -0.481 e. The third kappa shape index (κ3) is 3.02. The second-order valence-corrected chi connectivity index (χ2v) is 7.33. The minimum absolute atomic E-state index is 0.0420. The molecule has 2 aliphatic carbocycles. The maximum absolute atomic E-state index is 12.7. The van der Waals surface area contributed by atoms with Crippen molar-refractivity contribution in [2.75, 3.05) is 13.1 Å². The van der Waals surface area contributed by atoms with Crippen molar-refractivity contribution < 1.29 is 23.5 Å². The van der Waals surface area contributed by atoms with Crippen LogP contribution in [0.1, 0.15) is 44.9 Å². The number of carboxylic acids is 1. The number of amides is 2. The molecule has 0 aromatic heterocycles. The van der Waals surface area contributed by atoms with Crippen LogP contribution in [0, 0.1) is 17.3 Å². The van der Waals surface area contributed by atoms with Gasteiger partial charge in [-0.3, -0.25) is 4.79 Å². The molecule has 2 N–H and O–H groups in total. The molecule has 3 rings (SSSR count). The molecule has 2 saturated carbocycles. The lowest BCUT2D eigenvalue weighted by Crippen LogP contribution is -2.46. The molecule has 0 spiro atoms. The maximum Gasteiger partial charge on any atom is 0.317 e. The van der Waals surface area contributed by atoms with Crippen LogP contribution in [0.15, 0.2) is 0 Å². The van der Waals surface area contributed by atoms with Gasteiger partial charge in [-0.1, -0.05) is 6.42 Å². The summed E-state index contributed by atoms with van der Waals surface area (Å²) in [5.74, 6) is -1.31. The van der Waals surface area contributed by atoms with E-state index in [9.17, 15) is 23.5 Å². The number of hydrogen-bond donors (Lipinski definition) is 2. The molecule has 130 valence electrons. The lowest BCUT2D eigenvalue weighted by Gasteiger charge is -2.30. The van der Waals surface area contributed by atoms with Crippen LogP contribution >= 0.6 is 0 Å². The van der Waals surface area contributed by atoms with Crippen LogP contribution < -0.4 is 5.32 Å². The Bertz CT molecular complexity index is 480. The van der Waals surface area contributed by atoms with Crippen LogP contribution in [0.25, 0.3) is 0 Å². The second kappa shape index (κ2) is 6.24. The van der Waals surface area contributed by atoms with Crippen molar-refractivity contribution in [2.45, 2.75) is 57.4 Å². The first-order chi connectivity index (χ1) is 10.9. The zero-order valence-electron chi connectivity index (χ0n) is 13.1. The monoisotopic (exact) mass is 330 g/mol. The van der Waals surface area contributed by atoms with Gasteiger partial charge in [-0.2, -0.15) is 0 Å². The van der Waals surface area contributed by atoms with Gasteiger partial charge in [0.1, 0.15) is 0 Å². The molecule has 1 saturated heterocycles. The largest absolute Gasteiger partial charge is 0.481 e. The summed E-state index contributed by atoms with van der Waals surface area (Å²) >= 11 is 0. The highest BCUT2D eigenvalue weighted by atomic mass is 19.3. The first kappa shape index (κ1) is 16.5. The van der Waals surface area contributed by atoms with E-state index >= 15 is 0 Å². The summed E-state index contributed by atoms with van der Waals surface area (Å²) in [5, 5.41) is 12.5. The molecular formula is C16H24F2N2O3. The van der Waals surface area contributed by atoms with Crippen LogP contribution in [0.5, 0.6) is 0 Å². The average molecular weight is 330 g/mol. The van der Waals surface area contributed by atoms with E-state index < -0.39 is 23.7 Å². The van der Waals surface area contributed by atoms with Crippen LogP contribution in [0.4, 0.5) is 13.6 Å². The normalized spacial score (nSPS) is 37.0. The van der Waals surface area contributed by atoms with Crippen molar-refractivity contribution in [3.63, 3.8) is 0 Å². The van der Waals surface area contributed by atoms with Crippen LogP contribution in [-0.4, -0.2) is 47.6 Å². The zero-order chi connectivity index (χ0) is 16.6. The highest BCUT2D eigenvalue weighted by Crippen LogP contribution is 2.48. The Morgan fingerprint density at radius 2 is 1.87 bits per heavy atom. The summed E-state index contributed by atoms with van der Waals surface area (Å²) in [6.07, 6.45) is 2.13. The van der Waals surface area contributed by atoms with Crippen molar-refractivity contribution in [2.24, 2.45) is 17.3 Å². The first-order valence-electron chi connectivity index (χ1n) is 8.49. The molecule has 3 aliphatic rings. The predicted molar refractivity (Wildman–Crippen MR) is 79.3 cm³/mol. The number of carbonyl (C=O) groups is 2. The van der Waals surface area contributed by atoms with E-state index in [2.05, 4.69) is 5.32 Å². The summed E-state index contributed by atoms with van der Waals surface area (Å²) in [6.45, 7) is 0.760. The number of carbonyl (C=O) groups excluding carboxylic acids is 1. The molecule has 7 heteroatoms. The fourth-order valence-corrected chi connectivity index (χ4v) is 4.57. The molecule has 0 bridgehead atoms. The Morgan fingerprint density at radius 3 is 2.43 bits per heavy atom. The Balaban J connectivity index is 1.53. The average Bonchev–Trinajstić information content (AvgIpc) is 3.05. The van der Waals surface area contributed by atoms with Gasteiger partial charge in [-0.05, 0) is 44.4 Å². The van der Waals surface area contributed by atoms with Crippen LogP contribution in [-0.2, 0) is 4.79 Å². The fraction of sp³-hybridized carbons (Fsp3) is 0.875. The van der Waals surface area contributed by atoms with E-state index in [1.807, 2.05) is 0 Å². The first-order valence-corrected chi connectivity index (χ1v) is 8.49. The van der Waals surface area contributed by atoms with Gasteiger partial charge < -0.3 is 15.3 Å². The number of urea groups is 1. The molecule has 23 heavy (non-hydrogen) atoms. The van der Waals surface area contributed by atoms with E-state index in [0.29, 0.717) is 38.6 Å². The summed E-state index contributed by atoms with van der Waals surface area (Å²) in [6, 6.07) is -0.306. The highest BCUT2D eigenvalue weighted by molar-refractivity contribution is 5.80. The lowest BCUT2D eigenvalue weighted by atomic mass is 9.81. The smallest absolute Gasteiger partial charge is 0.317 e. The van der Waals surface area contributed by atoms with Gasteiger partial charge in [-0.25, -0.2) is 13.6 Å². The second-order valence-electron chi connectivity index (χ2n) is 7.33. The number of alkyl halides is 2.